The Morgan fingerprint density at radius 3 is 1.84 bits per heavy atom. The Bertz CT molecular complexity index is 1550. The third kappa shape index (κ3) is 13.3. The zero-order chi connectivity index (χ0) is 33.4. The SMILES string of the molecule is COc1cc(-c2nc(-c3c[c-]c(N(C)C)[c-]c3)c(-c3c[c-]c(N(C)C)[c-]c3)[nH]2)cc(NC(=O)NCCC[Si](OC)(OC)OC)c1O.[Pr].[Pr].[Pr].[Pr]. The van der Waals surface area contributed by atoms with Crippen LogP contribution in [-0.2, 0) is 13.3 Å². The van der Waals surface area contributed by atoms with E-state index in [-0.39, 0.29) is 182 Å². The number of H-pyrrole nitrogens is 1. The number of carbonyl (C=O) groups excluding carboxylic acids is 1. The average Bonchev–Trinajstić information content (AvgIpc) is 3.52. The molecule has 0 fully saturated rings. The fourth-order valence-electron chi connectivity index (χ4n) is 4.70. The number of benzene rings is 3. The van der Waals surface area contributed by atoms with E-state index in [2.05, 4.69) is 39.9 Å². The second-order valence-electron chi connectivity index (χ2n) is 10.7. The molecule has 3 aromatic carbocycles. The molecule has 0 aliphatic rings. The molecule has 0 aliphatic heterocycles. The maximum Gasteiger partial charge on any atom is 0.500 e. The number of carbonyl (C=O) groups is 1. The Hall–Kier alpha value is 0.891. The van der Waals surface area contributed by atoms with Crippen molar-refractivity contribution in [2.75, 3.05) is 78.3 Å². The molecule has 4 rings (SSSR count). The number of hydrogen-bond acceptors (Lipinski definition) is 9. The molecule has 1 aromatic heterocycles. The average molecular weight is 1210 g/mol. The summed E-state index contributed by atoms with van der Waals surface area (Å²) in [6.45, 7) is 0.334. The molecule has 4 N–H and O–H groups in total. The topological polar surface area (TPSA) is 133 Å². The minimum Gasteiger partial charge on any atom is -0.503 e. The number of amides is 2. The first-order valence-electron chi connectivity index (χ1n) is 14.5. The van der Waals surface area contributed by atoms with E-state index in [1.807, 2.05) is 62.3 Å². The molecule has 0 spiro atoms. The van der Waals surface area contributed by atoms with Crippen LogP contribution in [0.3, 0.4) is 0 Å². The van der Waals surface area contributed by atoms with Crippen molar-refractivity contribution in [2.24, 2.45) is 0 Å². The van der Waals surface area contributed by atoms with E-state index in [1.165, 1.54) is 7.11 Å². The van der Waals surface area contributed by atoms with Crippen molar-refractivity contribution >= 4 is 31.9 Å². The largest absolute Gasteiger partial charge is 0.503 e. The van der Waals surface area contributed by atoms with Crippen molar-refractivity contribution in [2.45, 2.75) is 12.5 Å². The van der Waals surface area contributed by atoms with Gasteiger partial charge in [0, 0.05) is 233 Å². The first-order chi connectivity index (χ1) is 22.0. The third-order valence-electron chi connectivity index (χ3n) is 7.31. The standard InChI is InChI=1S/C33H40N6O6Si.4Pr/c1-38(2)25-14-10-22(11-15-25)29-30(23-12-16-26(17-13-23)39(3)4)37-32(36-29)24-20-27(31(40)28(21-24)42-5)35-33(41)34-18-9-19-46(43-6,44-7)45-8;;;;/h10-13,20-21,40H,9,18-19H2,1-8H3,(H,36,37)(H2,34,35,41);;;;/q-4;;;;. The maximum absolute atomic E-state index is 12.8. The Balaban J connectivity index is 0.00000600. The maximum atomic E-state index is 12.8. The Morgan fingerprint density at radius 1 is 0.840 bits per heavy atom. The summed E-state index contributed by atoms with van der Waals surface area (Å²) in [4.78, 5) is 25.0. The van der Waals surface area contributed by atoms with Gasteiger partial charge in [-0.05, 0) is 24.2 Å². The molecule has 1 heterocycles. The van der Waals surface area contributed by atoms with Crippen LogP contribution < -0.4 is 25.2 Å². The van der Waals surface area contributed by atoms with Crippen LogP contribution in [0.5, 0.6) is 11.5 Å². The number of rotatable bonds is 14. The van der Waals surface area contributed by atoms with Crippen molar-refractivity contribution in [3.8, 4) is 45.4 Å². The summed E-state index contributed by atoms with van der Waals surface area (Å²) in [5.41, 5.74) is 5.36. The normalized spacial score (nSPS) is 10.4. The fraction of sp³-hybridized carbons (Fsp3) is 0.333. The van der Waals surface area contributed by atoms with Crippen molar-refractivity contribution in [1.29, 1.82) is 0 Å². The number of phenols is 1. The van der Waals surface area contributed by atoms with Crippen LogP contribution in [0.15, 0.2) is 36.4 Å². The number of aromatic amines is 1. The van der Waals surface area contributed by atoms with Crippen LogP contribution in [0.2, 0.25) is 6.04 Å². The van der Waals surface area contributed by atoms with Gasteiger partial charge in [0.05, 0.1) is 12.8 Å². The molecule has 0 saturated heterocycles. The van der Waals surface area contributed by atoms with E-state index in [1.54, 1.807) is 33.5 Å². The molecule has 50 heavy (non-hydrogen) atoms. The Morgan fingerprint density at radius 2 is 1.36 bits per heavy atom. The molecular weight excluding hydrogens is 1170 g/mol. The van der Waals surface area contributed by atoms with Gasteiger partial charge in [0.25, 0.3) is 0 Å². The molecular formula is C33H40N6O6Pr4Si-4. The van der Waals surface area contributed by atoms with Crippen LogP contribution in [0, 0.1) is 189 Å². The predicted molar refractivity (Wildman–Crippen MR) is 180 cm³/mol. The molecule has 4 aromatic rings. The summed E-state index contributed by atoms with van der Waals surface area (Å²) < 4.78 is 21.7. The van der Waals surface area contributed by atoms with Gasteiger partial charge in [0.1, 0.15) is 5.82 Å². The second kappa shape index (κ2) is 24.4. The first kappa shape index (κ1) is 50.9. The smallest absolute Gasteiger partial charge is 0.500 e. The summed E-state index contributed by atoms with van der Waals surface area (Å²) in [5, 5.41) is 16.4. The van der Waals surface area contributed by atoms with Crippen molar-refractivity contribution < 1.29 is 193 Å². The summed E-state index contributed by atoms with van der Waals surface area (Å²) in [6.07, 6.45) is 0.567. The number of ether oxygens (including phenoxy) is 1. The predicted octanol–water partition coefficient (Wildman–Crippen LogP) is 4.85. The van der Waals surface area contributed by atoms with Crippen molar-refractivity contribution in [3.63, 3.8) is 0 Å². The second-order valence-corrected chi connectivity index (χ2v) is 13.8. The van der Waals surface area contributed by atoms with Gasteiger partial charge in [-0.1, -0.05) is 5.69 Å². The molecule has 4 radical (unpaired) electrons. The minimum absolute atomic E-state index is 0. The summed E-state index contributed by atoms with van der Waals surface area (Å²) >= 11 is 0. The number of phenolic OH excluding ortho intramolecular Hbond substituents is 1. The fourth-order valence-corrected chi connectivity index (χ4v) is 6.42. The minimum atomic E-state index is -2.75. The van der Waals surface area contributed by atoms with E-state index in [4.69, 9.17) is 23.0 Å². The number of urea groups is 1. The number of methoxy groups -OCH3 is 1. The van der Waals surface area contributed by atoms with Gasteiger partial charge in [-0.3, -0.25) is 29.2 Å². The Labute approximate surface area is 429 Å². The Kier molecular flexibility index (Phi) is 24.8. The number of nitrogens with zero attached hydrogens (tertiary/aromatic N) is 3. The van der Waals surface area contributed by atoms with Gasteiger partial charge >= 0.3 is 14.8 Å². The molecule has 0 atom stereocenters. The van der Waals surface area contributed by atoms with E-state index >= 15 is 0 Å². The molecule has 0 aliphatic carbocycles. The molecule has 0 unspecified atom stereocenters. The first-order valence-corrected chi connectivity index (χ1v) is 16.4. The van der Waals surface area contributed by atoms with E-state index in [0.29, 0.717) is 36.1 Å². The van der Waals surface area contributed by atoms with Gasteiger partial charge in [-0.2, -0.15) is 0 Å². The number of nitrogens with one attached hydrogen (secondary N) is 3. The van der Waals surface area contributed by atoms with Crippen LogP contribution in [0.1, 0.15) is 6.42 Å². The van der Waals surface area contributed by atoms with Crippen LogP contribution in [0.25, 0.3) is 33.9 Å². The van der Waals surface area contributed by atoms with Crippen molar-refractivity contribution in [3.05, 3.63) is 60.7 Å². The van der Waals surface area contributed by atoms with Crippen LogP contribution in [-0.4, -0.2) is 93.1 Å². The third-order valence-corrected chi connectivity index (χ3v) is 10.1. The zero-order valence-corrected chi connectivity index (χ0v) is 45.5. The van der Waals surface area contributed by atoms with Crippen molar-refractivity contribution in [1.82, 2.24) is 15.3 Å². The molecule has 0 bridgehead atoms. The molecule has 0 saturated carbocycles. The quantitative estimate of drug-likeness (QED) is 0.0607. The summed E-state index contributed by atoms with van der Waals surface area (Å²) in [5.74, 6) is 0.433. The van der Waals surface area contributed by atoms with Crippen LogP contribution in [0.4, 0.5) is 21.9 Å². The van der Waals surface area contributed by atoms with Crippen LogP contribution >= 0.6 is 0 Å². The molecule has 2 amide bonds. The number of aromatic hydroxyl groups is 1. The van der Waals surface area contributed by atoms with Gasteiger partial charge in [-0.15, -0.1) is 0 Å². The zero-order valence-electron chi connectivity index (χ0n) is 29.7. The van der Waals surface area contributed by atoms with E-state index in [9.17, 15) is 9.90 Å². The number of anilines is 3. The van der Waals surface area contributed by atoms with Gasteiger partial charge in [0.15, 0.2) is 11.5 Å². The number of hydrogen-bond donors (Lipinski definition) is 4. The van der Waals surface area contributed by atoms with E-state index in [0.717, 1.165) is 28.2 Å². The number of imidazole rings is 1. The molecule has 12 nitrogen and oxygen atoms in total. The molecule has 258 valence electrons. The van der Waals surface area contributed by atoms with E-state index < -0.39 is 14.8 Å². The van der Waals surface area contributed by atoms with Gasteiger partial charge in [-0.25, -0.2) is 27.3 Å². The van der Waals surface area contributed by atoms with Gasteiger partial charge in [0.2, 0.25) is 0 Å². The summed E-state index contributed by atoms with van der Waals surface area (Å²) in [7, 11) is 11.0. The number of aromatic nitrogens is 2. The van der Waals surface area contributed by atoms with Gasteiger partial charge < -0.3 is 72.8 Å². The summed E-state index contributed by atoms with van der Waals surface area (Å²) in [6, 6.07) is 23.8. The molecule has 17 heteroatoms. The monoisotopic (exact) mass is 1210 g/mol.